The number of alkyl halides is 3. The molecule has 0 radical (unpaired) electrons. The second-order valence-corrected chi connectivity index (χ2v) is 11.5. The first-order valence-corrected chi connectivity index (χ1v) is 13.1. The van der Waals surface area contributed by atoms with Crippen LogP contribution < -0.4 is 10.1 Å². The predicted octanol–water partition coefficient (Wildman–Crippen LogP) is 5.78. The largest absolute Gasteiger partial charge is 0.434 e. The molecule has 5 nitrogen and oxygen atoms in total. The summed E-state index contributed by atoms with van der Waals surface area (Å²) in [5.74, 6) is -0.0810. The van der Waals surface area contributed by atoms with E-state index in [1.54, 1.807) is 31.2 Å². The number of aliphatic hydroxyl groups excluding tert-OH is 1. The van der Waals surface area contributed by atoms with Crippen molar-refractivity contribution in [2.24, 2.45) is 0 Å². The van der Waals surface area contributed by atoms with Crippen molar-refractivity contribution in [2.45, 2.75) is 88.8 Å². The number of nitrogens with zero attached hydrogens (tertiary/aromatic N) is 1. The van der Waals surface area contributed by atoms with E-state index in [1.165, 1.54) is 0 Å². The third-order valence-electron chi connectivity index (χ3n) is 8.44. The third-order valence-corrected chi connectivity index (χ3v) is 8.44. The quantitative estimate of drug-likeness (QED) is 0.490. The van der Waals surface area contributed by atoms with E-state index in [0.717, 1.165) is 36.1 Å². The molecule has 0 bridgehead atoms. The summed E-state index contributed by atoms with van der Waals surface area (Å²) in [5, 5.41) is 13.3. The first-order chi connectivity index (χ1) is 17.5. The second-order valence-electron chi connectivity index (χ2n) is 11.5. The SMILES string of the molecule is C[C@H](NC(=O)c1ccc2c(c1)[C@H](O)CC2(C)C)c1ccc(C2CC(N3CC[C@@H](F)C3)C2)cc1OC(F)F. The second kappa shape index (κ2) is 9.95. The van der Waals surface area contributed by atoms with Gasteiger partial charge in [-0.15, -0.1) is 0 Å². The van der Waals surface area contributed by atoms with Gasteiger partial charge in [0.15, 0.2) is 0 Å². The summed E-state index contributed by atoms with van der Waals surface area (Å²) in [6.07, 6.45) is 1.54. The number of fused-ring (bicyclic) bond motifs is 1. The molecule has 2 N–H and O–H groups in total. The molecule has 2 aromatic carbocycles. The Kier molecular flexibility index (Phi) is 7.00. The highest BCUT2D eigenvalue weighted by Gasteiger charge is 2.38. The van der Waals surface area contributed by atoms with Crippen LogP contribution >= 0.6 is 0 Å². The lowest BCUT2D eigenvalue weighted by atomic mass is 9.75. The lowest BCUT2D eigenvalue weighted by Crippen LogP contribution is -2.42. The monoisotopic (exact) mass is 516 g/mol. The number of ether oxygens (including phenoxy) is 1. The van der Waals surface area contributed by atoms with Crippen LogP contribution in [-0.2, 0) is 5.41 Å². The molecular weight excluding hydrogens is 481 g/mol. The van der Waals surface area contributed by atoms with Crippen LogP contribution in [0.3, 0.4) is 0 Å². The fourth-order valence-corrected chi connectivity index (χ4v) is 6.25. The molecule has 0 spiro atoms. The van der Waals surface area contributed by atoms with Crippen LogP contribution in [0.1, 0.15) is 97.1 Å². The standard InChI is InChI=1S/C29H35F3N2O3/c1-16(33-27(36)18-5-7-24-23(12-18)25(35)14-29(24,2)3)22-6-4-17(13-26(22)37-28(31)32)19-10-21(11-19)34-9-8-20(30)15-34/h4-7,12-13,16,19-21,25,28,35H,8-11,14-15H2,1-3H3,(H,33,36)/t16-,19?,20+,21?,25+/m0/s1. The summed E-state index contributed by atoms with van der Waals surface area (Å²) >= 11 is 0. The Balaban J connectivity index is 1.29. The molecule has 1 saturated heterocycles. The van der Waals surface area contributed by atoms with Crippen LogP contribution in [0.4, 0.5) is 13.2 Å². The molecule has 3 aliphatic rings. The fraction of sp³-hybridized carbons (Fsp3) is 0.552. The van der Waals surface area contributed by atoms with E-state index in [-0.39, 0.29) is 23.0 Å². The maximum Gasteiger partial charge on any atom is 0.387 e. The van der Waals surface area contributed by atoms with Gasteiger partial charge in [-0.25, -0.2) is 4.39 Å². The Hall–Kier alpha value is -2.58. The number of halogens is 3. The lowest BCUT2D eigenvalue weighted by Gasteiger charge is -2.41. The molecule has 1 amide bonds. The maximum absolute atomic E-state index is 13.5. The number of rotatable bonds is 7. The number of hydrogen-bond acceptors (Lipinski definition) is 4. The van der Waals surface area contributed by atoms with Crippen LogP contribution in [-0.4, -0.2) is 47.8 Å². The summed E-state index contributed by atoms with van der Waals surface area (Å²) < 4.78 is 45.0. The Labute approximate surface area is 216 Å². The van der Waals surface area contributed by atoms with Crippen molar-refractivity contribution in [1.82, 2.24) is 10.2 Å². The summed E-state index contributed by atoms with van der Waals surface area (Å²) in [4.78, 5) is 15.2. The van der Waals surface area contributed by atoms with Crippen molar-refractivity contribution in [3.63, 3.8) is 0 Å². The molecule has 200 valence electrons. The molecular formula is C29H35F3N2O3. The van der Waals surface area contributed by atoms with Gasteiger partial charge in [0.05, 0.1) is 12.1 Å². The van der Waals surface area contributed by atoms with Crippen molar-refractivity contribution < 1.29 is 27.8 Å². The molecule has 1 saturated carbocycles. The average Bonchev–Trinajstić information content (AvgIpc) is 3.31. The summed E-state index contributed by atoms with van der Waals surface area (Å²) in [6, 6.07) is 10.4. The number of amides is 1. The Morgan fingerprint density at radius 3 is 2.62 bits per heavy atom. The fourth-order valence-electron chi connectivity index (χ4n) is 6.25. The van der Waals surface area contributed by atoms with Gasteiger partial charge in [-0.2, -0.15) is 8.78 Å². The number of carbonyl (C=O) groups excluding carboxylic acids is 1. The van der Waals surface area contributed by atoms with Gasteiger partial charge in [-0.1, -0.05) is 32.0 Å². The minimum absolute atomic E-state index is 0.0554. The van der Waals surface area contributed by atoms with Crippen molar-refractivity contribution in [3.05, 3.63) is 64.2 Å². The molecule has 8 heteroatoms. The van der Waals surface area contributed by atoms with E-state index in [4.69, 9.17) is 4.74 Å². The van der Waals surface area contributed by atoms with E-state index in [9.17, 15) is 23.1 Å². The van der Waals surface area contributed by atoms with Crippen LogP contribution in [0.15, 0.2) is 36.4 Å². The van der Waals surface area contributed by atoms with Gasteiger partial charge in [0.1, 0.15) is 11.9 Å². The number of likely N-dealkylation sites (tertiary alicyclic amines) is 1. The third kappa shape index (κ3) is 5.23. The molecule has 1 heterocycles. The number of hydrogen-bond donors (Lipinski definition) is 2. The van der Waals surface area contributed by atoms with Crippen molar-refractivity contribution >= 4 is 5.91 Å². The van der Waals surface area contributed by atoms with Gasteiger partial charge in [-0.3, -0.25) is 9.69 Å². The molecule has 3 atom stereocenters. The van der Waals surface area contributed by atoms with Gasteiger partial charge >= 0.3 is 6.61 Å². The van der Waals surface area contributed by atoms with Crippen LogP contribution in [0.5, 0.6) is 5.75 Å². The highest BCUT2D eigenvalue weighted by atomic mass is 19.3. The molecule has 0 aromatic heterocycles. The highest BCUT2D eigenvalue weighted by Crippen LogP contribution is 2.45. The van der Waals surface area contributed by atoms with Crippen molar-refractivity contribution in [2.75, 3.05) is 13.1 Å². The molecule has 2 aromatic rings. The van der Waals surface area contributed by atoms with E-state index in [0.29, 0.717) is 36.6 Å². The highest BCUT2D eigenvalue weighted by molar-refractivity contribution is 5.95. The molecule has 1 aliphatic heterocycles. The molecule has 0 unspecified atom stereocenters. The number of aliphatic hydroxyl groups is 1. The minimum Gasteiger partial charge on any atom is -0.434 e. The zero-order chi connectivity index (χ0) is 26.5. The number of carbonyl (C=O) groups is 1. The summed E-state index contributed by atoms with van der Waals surface area (Å²) in [6.45, 7) is 4.13. The van der Waals surface area contributed by atoms with Crippen molar-refractivity contribution in [3.8, 4) is 5.75 Å². The normalized spacial score (nSPS) is 27.6. The zero-order valence-electron chi connectivity index (χ0n) is 21.5. The Morgan fingerprint density at radius 2 is 1.95 bits per heavy atom. The lowest BCUT2D eigenvalue weighted by molar-refractivity contribution is -0.0507. The van der Waals surface area contributed by atoms with Gasteiger partial charge in [-0.05, 0) is 78.8 Å². The predicted molar refractivity (Wildman–Crippen MR) is 135 cm³/mol. The van der Waals surface area contributed by atoms with E-state index in [1.807, 2.05) is 12.1 Å². The number of nitrogens with one attached hydrogen (secondary N) is 1. The van der Waals surface area contributed by atoms with Crippen LogP contribution in [0, 0.1) is 0 Å². The Morgan fingerprint density at radius 1 is 1.19 bits per heavy atom. The average molecular weight is 517 g/mol. The zero-order valence-corrected chi connectivity index (χ0v) is 21.5. The van der Waals surface area contributed by atoms with Gasteiger partial charge < -0.3 is 15.2 Å². The first-order valence-electron chi connectivity index (χ1n) is 13.1. The van der Waals surface area contributed by atoms with Gasteiger partial charge in [0.25, 0.3) is 5.91 Å². The minimum atomic E-state index is -2.99. The smallest absolute Gasteiger partial charge is 0.387 e. The van der Waals surface area contributed by atoms with E-state index < -0.39 is 24.9 Å². The molecule has 37 heavy (non-hydrogen) atoms. The van der Waals surface area contributed by atoms with E-state index in [2.05, 4.69) is 24.1 Å². The Bertz CT molecular complexity index is 1170. The van der Waals surface area contributed by atoms with Crippen LogP contribution in [0.25, 0.3) is 0 Å². The maximum atomic E-state index is 13.5. The number of benzene rings is 2. The molecule has 5 rings (SSSR count). The summed E-state index contributed by atoms with van der Waals surface area (Å²) in [5.41, 5.74) is 3.42. The van der Waals surface area contributed by atoms with Gasteiger partial charge in [0.2, 0.25) is 0 Å². The van der Waals surface area contributed by atoms with Crippen LogP contribution in [0.2, 0.25) is 0 Å². The van der Waals surface area contributed by atoms with Crippen molar-refractivity contribution in [1.29, 1.82) is 0 Å². The van der Waals surface area contributed by atoms with E-state index >= 15 is 0 Å². The molecule has 2 fully saturated rings. The summed E-state index contributed by atoms with van der Waals surface area (Å²) in [7, 11) is 0. The first kappa shape index (κ1) is 26.0. The molecule has 2 aliphatic carbocycles. The topological polar surface area (TPSA) is 61.8 Å². The van der Waals surface area contributed by atoms with Gasteiger partial charge in [0, 0.05) is 30.3 Å².